The molecule has 0 radical (unpaired) electrons. The van der Waals surface area contributed by atoms with Gasteiger partial charge in [-0.25, -0.2) is 0 Å². The molecule has 1 heterocycles. The number of alkyl halides is 1. The molecular weight excluding hydrogens is 284 g/mol. The Bertz CT molecular complexity index is 385. The van der Waals surface area contributed by atoms with Crippen LogP contribution in [0.2, 0.25) is 0 Å². The topological polar surface area (TPSA) is 42.4 Å². The van der Waals surface area contributed by atoms with Gasteiger partial charge in [-0.2, -0.15) is 0 Å². The van der Waals surface area contributed by atoms with E-state index in [2.05, 4.69) is 20.9 Å². The van der Waals surface area contributed by atoms with Gasteiger partial charge in [-0.3, -0.25) is 9.78 Å². The molecule has 94 valence electrons. The first-order chi connectivity index (χ1) is 8.04. The fourth-order valence-corrected chi connectivity index (χ4v) is 2.20. The molecule has 17 heavy (non-hydrogen) atoms. The summed E-state index contributed by atoms with van der Waals surface area (Å²) in [6.45, 7) is 3.09. The Morgan fingerprint density at radius 1 is 1.59 bits per heavy atom. The average Bonchev–Trinajstić information content (AvgIpc) is 2.28. The van der Waals surface area contributed by atoms with Gasteiger partial charge in [-0.1, -0.05) is 15.9 Å². The maximum Gasteiger partial charge on any atom is 0.255 e. The fraction of sp³-hybridized carbons (Fsp3) is 0.500. The summed E-state index contributed by atoms with van der Waals surface area (Å²) in [6.07, 6.45) is 3.32. The van der Waals surface area contributed by atoms with Crippen LogP contribution in [0, 0.1) is 6.92 Å². The highest BCUT2D eigenvalue weighted by Crippen LogP contribution is 2.08. The number of pyridine rings is 1. The molecule has 0 aliphatic heterocycles. The van der Waals surface area contributed by atoms with E-state index in [1.807, 2.05) is 13.0 Å². The standard InChI is InChI=1S/C12H17BrN2O2/c1-9-4-10(6-14-5-9)12(16)15(2)7-11(13)8-17-3/h4-6,11H,7-8H2,1-3H3. The summed E-state index contributed by atoms with van der Waals surface area (Å²) < 4.78 is 5.01. The molecule has 0 aliphatic rings. The molecule has 0 aromatic carbocycles. The van der Waals surface area contributed by atoms with Crippen LogP contribution in [0.4, 0.5) is 0 Å². The molecule has 5 heteroatoms. The second kappa shape index (κ2) is 6.71. The molecule has 1 amide bonds. The van der Waals surface area contributed by atoms with Gasteiger partial charge >= 0.3 is 0 Å². The fourth-order valence-electron chi connectivity index (χ4n) is 1.51. The first-order valence-electron chi connectivity index (χ1n) is 5.34. The number of methoxy groups -OCH3 is 1. The van der Waals surface area contributed by atoms with Gasteiger partial charge in [0.2, 0.25) is 0 Å². The third kappa shape index (κ3) is 4.44. The molecule has 0 saturated heterocycles. The number of nitrogens with zero attached hydrogens (tertiary/aromatic N) is 2. The van der Waals surface area contributed by atoms with Crippen LogP contribution in [0.1, 0.15) is 15.9 Å². The van der Waals surface area contributed by atoms with E-state index in [0.717, 1.165) is 5.56 Å². The van der Waals surface area contributed by atoms with Crippen molar-refractivity contribution in [1.29, 1.82) is 0 Å². The lowest BCUT2D eigenvalue weighted by Crippen LogP contribution is -2.33. The minimum atomic E-state index is -0.0262. The van der Waals surface area contributed by atoms with E-state index in [-0.39, 0.29) is 10.7 Å². The van der Waals surface area contributed by atoms with Crippen LogP contribution in [0.3, 0.4) is 0 Å². The molecule has 0 fully saturated rings. The largest absolute Gasteiger partial charge is 0.383 e. The van der Waals surface area contributed by atoms with Gasteiger partial charge in [-0.05, 0) is 18.6 Å². The van der Waals surface area contributed by atoms with Crippen LogP contribution in [-0.2, 0) is 4.74 Å². The number of carbonyl (C=O) groups excluding carboxylic acids is 1. The number of aryl methyl sites for hydroxylation is 1. The van der Waals surface area contributed by atoms with Gasteiger partial charge in [-0.15, -0.1) is 0 Å². The Morgan fingerprint density at radius 3 is 2.88 bits per heavy atom. The first-order valence-corrected chi connectivity index (χ1v) is 6.26. The monoisotopic (exact) mass is 300 g/mol. The molecule has 1 unspecified atom stereocenters. The number of carbonyl (C=O) groups is 1. The first kappa shape index (κ1) is 14.1. The van der Waals surface area contributed by atoms with Crippen molar-refractivity contribution in [2.24, 2.45) is 0 Å². The number of hydrogen-bond acceptors (Lipinski definition) is 3. The normalized spacial score (nSPS) is 12.2. The summed E-state index contributed by atoms with van der Waals surface area (Å²) in [7, 11) is 3.41. The summed E-state index contributed by atoms with van der Waals surface area (Å²) in [6, 6.07) is 1.84. The predicted octanol–water partition coefficient (Wildman–Crippen LogP) is 1.87. The third-order valence-corrected chi connectivity index (χ3v) is 2.84. The Balaban J connectivity index is 2.63. The molecule has 1 rings (SSSR count). The summed E-state index contributed by atoms with van der Waals surface area (Å²) in [5.41, 5.74) is 1.60. The number of hydrogen-bond donors (Lipinski definition) is 0. The number of amides is 1. The average molecular weight is 301 g/mol. The van der Waals surface area contributed by atoms with Gasteiger partial charge in [0.25, 0.3) is 5.91 Å². The molecule has 0 aliphatic carbocycles. The summed E-state index contributed by atoms with van der Waals surface area (Å²) >= 11 is 3.46. The van der Waals surface area contributed by atoms with Crippen LogP contribution < -0.4 is 0 Å². The maximum absolute atomic E-state index is 12.1. The lowest BCUT2D eigenvalue weighted by molar-refractivity contribution is 0.0783. The van der Waals surface area contributed by atoms with E-state index >= 15 is 0 Å². The van der Waals surface area contributed by atoms with Gasteiger partial charge < -0.3 is 9.64 Å². The second-order valence-corrected chi connectivity index (χ2v) is 5.28. The SMILES string of the molecule is COCC(Br)CN(C)C(=O)c1cncc(C)c1. The zero-order valence-electron chi connectivity index (χ0n) is 10.3. The van der Waals surface area contributed by atoms with E-state index in [9.17, 15) is 4.79 Å². The molecule has 1 aromatic heterocycles. The third-order valence-electron chi connectivity index (χ3n) is 2.29. The Labute approximate surface area is 110 Å². The second-order valence-electron chi connectivity index (χ2n) is 3.99. The molecule has 1 atom stereocenters. The van der Waals surface area contributed by atoms with E-state index in [4.69, 9.17) is 4.74 Å². The van der Waals surface area contributed by atoms with Crippen LogP contribution in [0.5, 0.6) is 0 Å². The minimum Gasteiger partial charge on any atom is -0.383 e. The molecule has 0 N–H and O–H groups in total. The lowest BCUT2D eigenvalue weighted by atomic mass is 10.2. The van der Waals surface area contributed by atoms with Crippen LogP contribution in [-0.4, -0.2) is 47.9 Å². The molecule has 0 bridgehead atoms. The highest BCUT2D eigenvalue weighted by molar-refractivity contribution is 9.09. The van der Waals surface area contributed by atoms with Crippen molar-refractivity contribution in [3.63, 3.8) is 0 Å². The number of rotatable bonds is 5. The summed E-state index contributed by atoms with van der Waals surface area (Å²) in [5.74, 6) is -0.0262. The Kier molecular flexibility index (Phi) is 5.58. The van der Waals surface area contributed by atoms with Crippen molar-refractivity contribution in [3.8, 4) is 0 Å². The Hall–Kier alpha value is -0.940. The van der Waals surface area contributed by atoms with Gasteiger partial charge in [0.1, 0.15) is 0 Å². The molecule has 0 spiro atoms. The van der Waals surface area contributed by atoms with Crippen LogP contribution >= 0.6 is 15.9 Å². The van der Waals surface area contributed by atoms with E-state index in [1.54, 1.807) is 31.5 Å². The molecular formula is C12H17BrN2O2. The van der Waals surface area contributed by atoms with Gasteiger partial charge in [0.15, 0.2) is 0 Å². The van der Waals surface area contributed by atoms with Gasteiger partial charge in [0.05, 0.1) is 17.0 Å². The molecule has 1 aromatic rings. The van der Waals surface area contributed by atoms with E-state index in [0.29, 0.717) is 18.7 Å². The summed E-state index contributed by atoms with van der Waals surface area (Å²) in [5, 5.41) is 0. The lowest BCUT2D eigenvalue weighted by Gasteiger charge is -2.20. The van der Waals surface area contributed by atoms with Crippen molar-refractivity contribution >= 4 is 21.8 Å². The number of aromatic nitrogens is 1. The highest BCUT2D eigenvalue weighted by Gasteiger charge is 2.15. The van der Waals surface area contributed by atoms with Crippen molar-refractivity contribution in [2.45, 2.75) is 11.8 Å². The smallest absolute Gasteiger partial charge is 0.255 e. The van der Waals surface area contributed by atoms with Crippen molar-refractivity contribution in [3.05, 3.63) is 29.6 Å². The van der Waals surface area contributed by atoms with Crippen molar-refractivity contribution < 1.29 is 9.53 Å². The quantitative estimate of drug-likeness (QED) is 0.780. The van der Waals surface area contributed by atoms with Crippen molar-refractivity contribution in [1.82, 2.24) is 9.88 Å². The number of ether oxygens (including phenoxy) is 1. The van der Waals surface area contributed by atoms with Gasteiger partial charge in [0, 0.05) is 33.1 Å². The zero-order valence-corrected chi connectivity index (χ0v) is 11.9. The molecule has 0 saturated carbocycles. The highest BCUT2D eigenvalue weighted by atomic mass is 79.9. The Morgan fingerprint density at radius 2 is 2.29 bits per heavy atom. The zero-order chi connectivity index (χ0) is 12.8. The minimum absolute atomic E-state index is 0.0262. The number of halogens is 1. The van der Waals surface area contributed by atoms with Crippen LogP contribution in [0.25, 0.3) is 0 Å². The van der Waals surface area contributed by atoms with Crippen molar-refractivity contribution in [2.75, 3.05) is 27.3 Å². The predicted molar refractivity (Wildman–Crippen MR) is 70.5 cm³/mol. The van der Waals surface area contributed by atoms with E-state index in [1.165, 1.54) is 0 Å². The maximum atomic E-state index is 12.1. The van der Waals surface area contributed by atoms with Crippen LogP contribution in [0.15, 0.2) is 18.5 Å². The summed E-state index contributed by atoms with van der Waals surface area (Å²) in [4.78, 5) is 17.9. The van der Waals surface area contributed by atoms with E-state index < -0.39 is 0 Å². The molecule has 4 nitrogen and oxygen atoms in total.